The summed E-state index contributed by atoms with van der Waals surface area (Å²) in [5.74, 6) is 0.445. The third kappa shape index (κ3) is 5.95. The first kappa shape index (κ1) is 20.1. The number of hydrogen-bond donors (Lipinski definition) is 0. The number of aryl methyl sites for hydroxylation is 2. The normalized spacial score (nSPS) is 10.5. The van der Waals surface area contributed by atoms with E-state index in [9.17, 15) is 4.79 Å². The number of rotatable bonds is 8. The van der Waals surface area contributed by atoms with Gasteiger partial charge in [-0.3, -0.25) is 0 Å². The van der Waals surface area contributed by atoms with Crippen molar-refractivity contribution in [3.05, 3.63) is 58.6 Å². The third-order valence-electron chi connectivity index (χ3n) is 4.10. The maximum Gasteiger partial charge on any atom is 0.513 e. The summed E-state index contributed by atoms with van der Waals surface area (Å²) >= 11 is 6.13. The summed E-state index contributed by atoms with van der Waals surface area (Å²) in [6.45, 7) is 7.72. The Labute approximate surface area is 160 Å². The Morgan fingerprint density at radius 3 is 2.35 bits per heavy atom. The monoisotopic (exact) mass is 375 g/mol. The summed E-state index contributed by atoms with van der Waals surface area (Å²) < 4.78 is 10.5. The molecule has 0 saturated carbocycles. The zero-order chi connectivity index (χ0) is 18.9. The molecule has 26 heavy (non-hydrogen) atoms. The first-order valence-electron chi connectivity index (χ1n) is 8.92. The number of para-hydroxylation sites is 1. The van der Waals surface area contributed by atoms with E-state index in [0.717, 1.165) is 36.2 Å². The predicted molar refractivity (Wildman–Crippen MR) is 106 cm³/mol. The fourth-order valence-corrected chi connectivity index (χ4v) is 2.80. The van der Waals surface area contributed by atoms with Gasteiger partial charge in [0.2, 0.25) is 0 Å². The first-order chi connectivity index (χ1) is 12.5. The van der Waals surface area contributed by atoms with Crippen LogP contribution in [0.3, 0.4) is 0 Å². The van der Waals surface area contributed by atoms with Crippen molar-refractivity contribution in [3.63, 3.8) is 0 Å². The van der Waals surface area contributed by atoms with Crippen LogP contribution in [0.15, 0.2) is 42.5 Å². The lowest BCUT2D eigenvalue weighted by Crippen LogP contribution is -2.29. The van der Waals surface area contributed by atoms with E-state index in [4.69, 9.17) is 21.1 Å². The molecule has 0 bridgehead atoms. The lowest BCUT2D eigenvalue weighted by molar-refractivity contribution is 0.101. The summed E-state index contributed by atoms with van der Waals surface area (Å²) in [7, 11) is 0. The van der Waals surface area contributed by atoms with Crippen molar-refractivity contribution in [2.45, 2.75) is 33.6 Å². The minimum Gasteiger partial charge on any atom is -0.432 e. The van der Waals surface area contributed by atoms with Gasteiger partial charge in [0.1, 0.15) is 12.4 Å². The Morgan fingerprint density at radius 1 is 1.08 bits per heavy atom. The largest absolute Gasteiger partial charge is 0.513 e. The van der Waals surface area contributed by atoms with Crippen LogP contribution in [-0.4, -0.2) is 25.9 Å². The molecule has 0 aromatic heterocycles. The molecule has 0 aliphatic carbocycles. The number of carbonyl (C=O) groups is 1. The van der Waals surface area contributed by atoms with Gasteiger partial charge in [0.25, 0.3) is 0 Å². The molecule has 4 nitrogen and oxygen atoms in total. The zero-order valence-electron chi connectivity index (χ0n) is 15.6. The van der Waals surface area contributed by atoms with Gasteiger partial charge in [-0.1, -0.05) is 43.1 Å². The Balaban J connectivity index is 1.87. The Bertz CT molecular complexity index is 695. The van der Waals surface area contributed by atoms with E-state index in [-0.39, 0.29) is 6.61 Å². The number of carbonyl (C=O) groups excluding carboxylic acids is 1. The molecule has 2 aromatic carbocycles. The summed E-state index contributed by atoms with van der Waals surface area (Å²) in [5, 5.41) is 0.681. The molecule has 0 spiro atoms. The highest BCUT2D eigenvalue weighted by Gasteiger charge is 2.11. The third-order valence-corrected chi connectivity index (χ3v) is 4.69. The minimum absolute atomic E-state index is 0.267. The van der Waals surface area contributed by atoms with Crippen LogP contribution in [0.2, 0.25) is 5.02 Å². The van der Waals surface area contributed by atoms with Gasteiger partial charge in [-0.2, -0.15) is 0 Å². The standard InChI is InChI=1S/C21H26ClNO3/c1-4-5-11-23(18-9-7-6-8-10-18)12-13-25-21(24)26-19-14-16(2)20(22)17(3)15-19/h6-10,14-15H,4-5,11-13H2,1-3H3. The lowest BCUT2D eigenvalue weighted by atomic mass is 10.1. The quantitative estimate of drug-likeness (QED) is 0.433. The highest BCUT2D eigenvalue weighted by atomic mass is 35.5. The van der Waals surface area contributed by atoms with E-state index < -0.39 is 6.16 Å². The molecule has 5 heteroatoms. The maximum absolute atomic E-state index is 12.0. The fourth-order valence-electron chi connectivity index (χ4n) is 2.69. The number of hydrogen-bond acceptors (Lipinski definition) is 4. The number of ether oxygens (including phenoxy) is 2. The molecular formula is C21H26ClNO3. The van der Waals surface area contributed by atoms with Crippen LogP contribution >= 0.6 is 11.6 Å². The van der Waals surface area contributed by atoms with Crippen molar-refractivity contribution < 1.29 is 14.3 Å². The first-order valence-corrected chi connectivity index (χ1v) is 9.30. The number of benzene rings is 2. The van der Waals surface area contributed by atoms with Crippen molar-refractivity contribution in [1.29, 1.82) is 0 Å². The van der Waals surface area contributed by atoms with E-state index in [2.05, 4.69) is 24.0 Å². The molecule has 0 aliphatic rings. The van der Waals surface area contributed by atoms with Crippen molar-refractivity contribution in [2.75, 3.05) is 24.6 Å². The average molecular weight is 376 g/mol. The van der Waals surface area contributed by atoms with Crippen molar-refractivity contribution in [2.24, 2.45) is 0 Å². The molecule has 0 N–H and O–H groups in total. The van der Waals surface area contributed by atoms with Crippen LogP contribution in [-0.2, 0) is 4.74 Å². The molecule has 0 radical (unpaired) electrons. The summed E-state index contributed by atoms with van der Waals surface area (Å²) in [4.78, 5) is 14.2. The van der Waals surface area contributed by atoms with Gasteiger partial charge in [0.05, 0.1) is 6.54 Å². The minimum atomic E-state index is -0.699. The van der Waals surface area contributed by atoms with Gasteiger partial charge in [-0.15, -0.1) is 0 Å². The van der Waals surface area contributed by atoms with Gasteiger partial charge in [-0.25, -0.2) is 4.79 Å². The second-order valence-electron chi connectivity index (χ2n) is 6.25. The molecule has 2 rings (SSSR count). The van der Waals surface area contributed by atoms with Crippen LogP contribution < -0.4 is 9.64 Å². The fraction of sp³-hybridized carbons (Fsp3) is 0.381. The van der Waals surface area contributed by atoms with Crippen LogP contribution in [0, 0.1) is 13.8 Å². The van der Waals surface area contributed by atoms with E-state index in [0.29, 0.717) is 17.3 Å². The number of halogens is 1. The topological polar surface area (TPSA) is 38.8 Å². The van der Waals surface area contributed by atoms with Crippen LogP contribution in [0.5, 0.6) is 5.75 Å². The molecule has 0 saturated heterocycles. The van der Waals surface area contributed by atoms with Crippen LogP contribution in [0.4, 0.5) is 10.5 Å². The summed E-state index contributed by atoms with van der Waals surface area (Å²) in [5.41, 5.74) is 2.86. The van der Waals surface area contributed by atoms with Gasteiger partial charge < -0.3 is 14.4 Å². The van der Waals surface area contributed by atoms with Crippen molar-refractivity contribution >= 4 is 23.4 Å². The van der Waals surface area contributed by atoms with Crippen LogP contribution in [0.25, 0.3) is 0 Å². The molecule has 0 aliphatic heterocycles. The van der Waals surface area contributed by atoms with Crippen LogP contribution in [0.1, 0.15) is 30.9 Å². The molecular weight excluding hydrogens is 350 g/mol. The zero-order valence-corrected chi connectivity index (χ0v) is 16.4. The molecule has 0 fully saturated rings. The molecule has 0 heterocycles. The van der Waals surface area contributed by atoms with E-state index in [1.807, 2.05) is 32.0 Å². The van der Waals surface area contributed by atoms with Crippen molar-refractivity contribution in [3.8, 4) is 5.75 Å². The highest BCUT2D eigenvalue weighted by Crippen LogP contribution is 2.26. The second kappa shape index (κ2) is 10.1. The number of anilines is 1. The predicted octanol–water partition coefficient (Wildman–Crippen LogP) is 5.78. The Kier molecular flexibility index (Phi) is 7.79. The SMILES string of the molecule is CCCCN(CCOC(=O)Oc1cc(C)c(Cl)c(C)c1)c1ccccc1. The van der Waals surface area contributed by atoms with Crippen molar-refractivity contribution in [1.82, 2.24) is 0 Å². The Hall–Kier alpha value is -2.20. The summed E-state index contributed by atoms with van der Waals surface area (Å²) in [6.07, 6.45) is 1.50. The smallest absolute Gasteiger partial charge is 0.432 e. The van der Waals surface area contributed by atoms with Gasteiger partial charge in [0.15, 0.2) is 0 Å². The van der Waals surface area contributed by atoms with Gasteiger partial charge in [0, 0.05) is 17.3 Å². The second-order valence-corrected chi connectivity index (χ2v) is 6.63. The molecule has 0 atom stereocenters. The molecule has 140 valence electrons. The average Bonchev–Trinajstić information content (AvgIpc) is 2.63. The van der Waals surface area contributed by atoms with E-state index >= 15 is 0 Å². The highest BCUT2D eigenvalue weighted by molar-refractivity contribution is 6.32. The molecule has 0 unspecified atom stereocenters. The molecule has 2 aromatic rings. The number of unbranched alkanes of at least 4 members (excludes halogenated alkanes) is 1. The van der Waals surface area contributed by atoms with E-state index in [1.165, 1.54) is 0 Å². The lowest BCUT2D eigenvalue weighted by Gasteiger charge is -2.24. The van der Waals surface area contributed by atoms with E-state index in [1.54, 1.807) is 12.1 Å². The molecule has 0 amide bonds. The number of nitrogens with zero attached hydrogens (tertiary/aromatic N) is 1. The van der Waals surface area contributed by atoms with Gasteiger partial charge in [-0.05, 0) is 55.7 Å². The van der Waals surface area contributed by atoms with Gasteiger partial charge >= 0.3 is 6.16 Å². The summed E-state index contributed by atoms with van der Waals surface area (Å²) in [6, 6.07) is 13.6. The Morgan fingerprint density at radius 2 is 1.73 bits per heavy atom. The maximum atomic E-state index is 12.0.